The van der Waals surface area contributed by atoms with Gasteiger partial charge in [0.05, 0.1) is 13.1 Å². The molecule has 0 unspecified atom stereocenters. The molecule has 0 spiro atoms. The first-order valence-electron chi connectivity index (χ1n) is 4.19. The van der Waals surface area contributed by atoms with Crippen molar-refractivity contribution in [1.82, 2.24) is 15.5 Å². The maximum Gasteiger partial charge on any atom is 0.325 e. The highest BCUT2D eigenvalue weighted by atomic mass is 35.5. The standard InChI is InChI=1S/C8H10ClN3O3/c1-5(9)2-10-6(13)4-12-7(14)3-11-8(12)15/h1-4H2,(H,10,13)(H,11,15). The van der Waals surface area contributed by atoms with Gasteiger partial charge in [-0.15, -0.1) is 0 Å². The zero-order chi connectivity index (χ0) is 11.4. The predicted molar refractivity (Wildman–Crippen MR) is 53.1 cm³/mol. The quantitative estimate of drug-likeness (QED) is 0.635. The summed E-state index contributed by atoms with van der Waals surface area (Å²) in [6.45, 7) is 3.14. The number of nitrogens with one attached hydrogen (secondary N) is 2. The van der Waals surface area contributed by atoms with Crippen LogP contribution < -0.4 is 10.6 Å². The van der Waals surface area contributed by atoms with Crippen LogP contribution in [0.15, 0.2) is 11.6 Å². The molecule has 6 nitrogen and oxygen atoms in total. The molecule has 1 heterocycles. The van der Waals surface area contributed by atoms with E-state index in [0.29, 0.717) is 0 Å². The molecule has 0 aromatic heterocycles. The summed E-state index contributed by atoms with van der Waals surface area (Å²) in [5.41, 5.74) is 0. The highest BCUT2D eigenvalue weighted by Crippen LogP contribution is 1.98. The zero-order valence-electron chi connectivity index (χ0n) is 7.88. The van der Waals surface area contributed by atoms with Crippen molar-refractivity contribution in [2.75, 3.05) is 19.6 Å². The Morgan fingerprint density at radius 1 is 1.60 bits per heavy atom. The molecule has 0 saturated carbocycles. The molecule has 1 saturated heterocycles. The first-order chi connectivity index (χ1) is 7.00. The van der Waals surface area contributed by atoms with Crippen molar-refractivity contribution in [3.05, 3.63) is 11.6 Å². The fraction of sp³-hybridized carbons (Fsp3) is 0.375. The third-order valence-electron chi connectivity index (χ3n) is 1.72. The van der Waals surface area contributed by atoms with E-state index in [9.17, 15) is 14.4 Å². The van der Waals surface area contributed by atoms with E-state index in [1.807, 2.05) is 0 Å². The van der Waals surface area contributed by atoms with Crippen molar-refractivity contribution in [2.45, 2.75) is 0 Å². The van der Waals surface area contributed by atoms with Gasteiger partial charge in [0, 0.05) is 5.03 Å². The minimum Gasteiger partial charge on any atom is -0.350 e. The van der Waals surface area contributed by atoms with Crippen LogP contribution in [-0.4, -0.2) is 42.4 Å². The number of nitrogens with zero attached hydrogens (tertiary/aromatic N) is 1. The highest BCUT2D eigenvalue weighted by molar-refractivity contribution is 6.29. The number of carbonyl (C=O) groups excluding carboxylic acids is 3. The Balaban J connectivity index is 2.40. The second-order valence-electron chi connectivity index (χ2n) is 2.93. The fourth-order valence-corrected chi connectivity index (χ4v) is 1.08. The molecule has 1 aliphatic rings. The lowest BCUT2D eigenvalue weighted by atomic mass is 10.4. The van der Waals surface area contributed by atoms with Crippen molar-refractivity contribution in [3.63, 3.8) is 0 Å². The molecule has 0 bridgehead atoms. The van der Waals surface area contributed by atoms with Crippen LogP contribution in [0, 0.1) is 0 Å². The Labute approximate surface area is 91.2 Å². The van der Waals surface area contributed by atoms with Gasteiger partial charge in [0.15, 0.2) is 0 Å². The Kier molecular flexibility index (Phi) is 3.68. The second-order valence-corrected chi connectivity index (χ2v) is 3.47. The maximum atomic E-state index is 11.2. The lowest BCUT2D eigenvalue weighted by molar-refractivity contribution is -0.130. The Morgan fingerprint density at radius 2 is 2.27 bits per heavy atom. The summed E-state index contributed by atoms with van der Waals surface area (Å²) in [6.07, 6.45) is 0. The maximum absolute atomic E-state index is 11.2. The normalized spacial score (nSPS) is 15.1. The topological polar surface area (TPSA) is 78.5 Å². The van der Waals surface area contributed by atoms with Crippen LogP contribution in [0.2, 0.25) is 0 Å². The summed E-state index contributed by atoms with van der Waals surface area (Å²) in [6, 6.07) is -0.556. The molecule has 1 rings (SSSR count). The summed E-state index contributed by atoms with van der Waals surface area (Å²) in [5, 5.41) is 4.99. The molecular weight excluding hydrogens is 222 g/mol. The zero-order valence-corrected chi connectivity index (χ0v) is 8.63. The molecule has 0 aromatic carbocycles. The number of halogens is 1. The lowest BCUT2D eigenvalue weighted by Crippen LogP contribution is -2.41. The van der Waals surface area contributed by atoms with E-state index in [4.69, 9.17) is 11.6 Å². The van der Waals surface area contributed by atoms with E-state index >= 15 is 0 Å². The molecule has 0 radical (unpaired) electrons. The number of imide groups is 1. The van der Waals surface area contributed by atoms with Gasteiger partial charge in [0.2, 0.25) is 5.91 Å². The van der Waals surface area contributed by atoms with E-state index in [2.05, 4.69) is 17.2 Å². The molecule has 0 aliphatic carbocycles. The van der Waals surface area contributed by atoms with Gasteiger partial charge >= 0.3 is 6.03 Å². The van der Waals surface area contributed by atoms with Crippen molar-refractivity contribution < 1.29 is 14.4 Å². The van der Waals surface area contributed by atoms with Crippen LogP contribution in [0.5, 0.6) is 0 Å². The smallest absolute Gasteiger partial charge is 0.325 e. The minimum absolute atomic E-state index is 0.0612. The summed E-state index contributed by atoms with van der Waals surface area (Å²) in [7, 11) is 0. The SMILES string of the molecule is C=C(Cl)CNC(=O)CN1C(=O)CNC1=O. The van der Waals surface area contributed by atoms with Gasteiger partial charge in [0.1, 0.15) is 6.54 Å². The summed E-state index contributed by atoms with van der Waals surface area (Å²) >= 11 is 5.43. The monoisotopic (exact) mass is 231 g/mol. The van der Waals surface area contributed by atoms with E-state index in [-0.39, 0.29) is 24.7 Å². The number of hydrogen-bond acceptors (Lipinski definition) is 3. The summed E-state index contributed by atoms with van der Waals surface area (Å²) in [4.78, 5) is 34.2. The molecule has 1 fully saturated rings. The summed E-state index contributed by atoms with van der Waals surface area (Å²) in [5.74, 6) is -0.873. The first-order valence-corrected chi connectivity index (χ1v) is 4.56. The third-order valence-corrected chi connectivity index (χ3v) is 1.85. The van der Waals surface area contributed by atoms with Crippen LogP contribution in [0.1, 0.15) is 0 Å². The Hall–Kier alpha value is -1.56. The molecule has 0 aromatic rings. The third kappa shape index (κ3) is 3.25. The minimum atomic E-state index is -0.556. The number of rotatable bonds is 4. The van der Waals surface area contributed by atoms with Crippen molar-refractivity contribution in [1.29, 1.82) is 0 Å². The lowest BCUT2D eigenvalue weighted by Gasteiger charge is -2.11. The number of hydrogen-bond donors (Lipinski definition) is 2. The Morgan fingerprint density at radius 3 is 2.73 bits per heavy atom. The van der Waals surface area contributed by atoms with Gasteiger partial charge in [0.25, 0.3) is 5.91 Å². The molecule has 15 heavy (non-hydrogen) atoms. The second kappa shape index (κ2) is 4.79. The van der Waals surface area contributed by atoms with Gasteiger partial charge in [-0.1, -0.05) is 18.2 Å². The van der Waals surface area contributed by atoms with Crippen molar-refractivity contribution >= 4 is 29.4 Å². The molecular formula is C8H10ClN3O3. The van der Waals surface area contributed by atoms with Crippen molar-refractivity contribution in [2.24, 2.45) is 0 Å². The number of carbonyl (C=O) groups is 3. The van der Waals surface area contributed by atoms with Crippen LogP contribution in [-0.2, 0) is 9.59 Å². The highest BCUT2D eigenvalue weighted by Gasteiger charge is 2.29. The molecule has 4 amide bonds. The molecule has 82 valence electrons. The number of amides is 4. The van der Waals surface area contributed by atoms with E-state index in [1.165, 1.54) is 0 Å². The van der Waals surface area contributed by atoms with Gasteiger partial charge in [-0.3, -0.25) is 14.5 Å². The molecule has 7 heteroatoms. The van der Waals surface area contributed by atoms with Crippen LogP contribution in [0.25, 0.3) is 0 Å². The van der Waals surface area contributed by atoms with Crippen LogP contribution in [0.3, 0.4) is 0 Å². The molecule has 2 N–H and O–H groups in total. The van der Waals surface area contributed by atoms with Gasteiger partial charge in [-0.25, -0.2) is 4.79 Å². The van der Waals surface area contributed by atoms with E-state index < -0.39 is 17.8 Å². The fourth-order valence-electron chi connectivity index (χ4n) is 1.01. The van der Waals surface area contributed by atoms with Gasteiger partial charge in [-0.2, -0.15) is 0 Å². The van der Waals surface area contributed by atoms with E-state index in [1.54, 1.807) is 0 Å². The molecule has 0 atom stereocenters. The predicted octanol–water partition coefficient (Wildman–Crippen LogP) is -0.593. The molecule has 1 aliphatic heterocycles. The van der Waals surface area contributed by atoms with Gasteiger partial charge in [-0.05, 0) is 0 Å². The van der Waals surface area contributed by atoms with Crippen LogP contribution in [0.4, 0.5) is 4.79 Å². The Bertz CT molecular complexity index is 313. The van der Waals surface area contributed by atoms with Crippen LogP contribution >= 0.6 is 11.6 Å². The first kappa shape index (κ1) is 11.5. The average molecular weight is 232 g/mol. The van der Waals surface area contributed by atoms with Gasteiger partial charge < -0.3 is 10.6 Å². The van der Waals surface area contributed by atoms with Crippen molar-refractivity contribution in [3.8, 4) is 0 Å². The van der Waals surface area contributed by atoms with E-state index in [0.717, 1.165) is 4.90 Å². The number of urea groups is 1. The average Bonchev–Trinajstić information content (AvgIpc) is 2.46. The largest absolute Gasteiger partial charge is 0.350 e. The summed E-state index contributed by atoms with van der Waals surface area (Å²) < 4.78 is 0.